The van der Waals surface area contributed by atoms with Gasteiger partial charge in [0.1, 0.15) is 0 Å². The van der Waals surface area contributed by atoms with E-state index in [9.17, 15) is 40.7 Å². The van der Waals surface area contributed by atoms with Crippen molar-refractivity contribution in [1.29, 1.82) is 0 Å². The first kappa shape index (κ1) is 41.6. The maximum Gasteiger partial charge on any atom is 0.416 e. The molecule has 3 aliphatic rings. The second-order valence-electron chi connectivity index (χ2n) is 14.8. The van der Waals surface area contributed by atoms with Gasteiger partial charge >= 0.3 is 24.4 Å². The lowest BCUT2D eigenvalue weighted by Crippen LogP contribution is -2.59. The summed E-state index contributed by atoms with van der Waals surface area (Å²) in [6.45, 7) is 3.43. The number of hydrogen-bond acceptors (Lipinski definition) is 5. The lowest BCUT2D eigenvalue weighted by molar-refractivity contribution is -0.143. The predicted molar refractivity (Wildman–Crippen MR) is 198 cm³/mol. The number of carboxylic acids is 1. The highest BCUT2D eigenvalue weighted by Gasteiger charge is 2.45. The maximum absolute atomic E-state index is 13.7. The number of carboxylic acid groups (broad SMARTS) is 1. The zero-order valence-corrected chi connectivity index (χ0v) is 31.7. The van der Waals surface area contributed by atoms with Crippen molar-refractivity contribution in [3.05, 3.63) is 105 Å². The van der Waals surface area contributed by atoms with Gasteiger partial charge in [0, 0.05) is 63.3 Å². The van der Waals surface area contributed by atoms with E-state index in [0.717, 1.165) is 11.1 Å². The molecular weight excluding hydrogens is 787 g/mol. The van der Waals surface area contributed by atoms with Gasteiger partial charge in [-0.1, -0.05) is 59.6 Å². The first-order valence-corrected chi connectivity index (χ1v) is 19.0. The molecule has 3 heterocycles. The van der Waals surface area contributed by atoms with Crippen molar-refractivity contribution in [3.8, 4) is 0 Å². The number of amides is 3. The number of likely N-dealkylation sites (tertiary alicyclic amines) is 2. The van der Waals surface area contributed by atoms with Crippen LogP contribution in [0.4, 0.5) is 31.1 Å². The number of nitrogens with one attached hydrogen (secondary N) is 1. The summed E-state index contributed by atoms with van der Waals surface area (Å²) >= 11 is 12.7. The number of alkyl halides is 6. The fraction of sp³-hybridized carbons (Fsp3) is 0.462. The zero-order valence-electron chi connectivity index (χ0n) is 30.2. The molecule has 17 heteroatoms. The highest BCUT2D eigenvalue weighted by Crippen LogP contribution is 2.43. The number of halogens is 8. The van der Waals surface area contributed by atoms with E-state index in [4.69, 9.17) is 28.3 Å². The Morgan fingerprint density at radius 1 is 0.696 bits per heavy atom. The van der Waals surface area contributed by atoms with Gasteiger partial charge in [-0.2, -0.15) is 26.3 Å². The van der Waals surface area contributed by atoms with Gasteiger partial charge in [0.05, 0.1) is 33.3 Å². The number of rotatable bonds is 9. The molecule has 6 rings (SSSR count). The zero-order chi connectivity index (χ0) is 40.5. The predicted octanol–water partition coefficient (Wildman–Crippen LogP) is 7.61. The average Bonchev–Trinajstić information content (AvgIpc) is 3.60. The Labute approximate surface area is 330 Å². The first-order valence-electron chi connectivity index (χ1n) is 18.2. The Bertz CT molecular complexity index is 1890. The third-order valence-electron chi connectivity index (χ3n) is 11.3. The third-order valence-corrected chi connectivity index (χ3v) is 12.1. The summed E-state index contributed by atoms with van der Waals surface area (Å²) in [5.74, 6) is -1.86. The lowest BCUT2D eigenvalue weighted by atomic mass is 9.76. The molecular formula is C39H41Cl2F6N5O4. The molecule has 0 spiro atoms. The van der Waals surface area contributed by atoms with Gasteiger partial charge in [0.25, 0.3) is 5.91 Å². The third kappa shape index (κ3) is 9.38. The minimum absolute atomic E-state index is 0.00237. The molecule has 2 N–H and O–H groups in total. The molecule has 3 aromatic carbocycles. The fourth-order valence-corrected chi connectivity index (χ4v) is 8.37. The number of carbonyl (C=O) groups excluding carboxylic acids is 2. The SMILES string of the molecule is O=C(O)CN1CCN(C(=O)NC2(c3ccccc3)CCN(CCC3(c4ccc(Cl)c(Cl)c4)CCN(C(=O)c4cc(C(F)(F)F)cc(C(F)(F)F)c4)C3)CC2)CC1. The van der Waals surface area contributed by atoms with Crippen LogP contribution < -0.4 is 5.32 Å². The van der Waals surface area contributed by atoms with Crippen molar-refractivity contribution in [3.63, 3.8) is 0 Å². The smallest absolute Gasteiger partial charge is 0.416 e. The summed E-state index contributed by atoms with van der Waals surface area (Å²) in [5.41, 5.74) is -3.54. The number of piperazine rings is 1. The van der Waals surface area contributed by atoms with Crippen LogP contribution in [-0.2, 0) is 28.1 Å². The van der Waals surface area contributed by atoms with E-state index in [2.05, 4.69) is 10.2 Å². The normalized spacial score (nSPS) is 20.9. The fourth-order valence-electron chi connectivity index (χ4n) is 8.07. The van der Waals surface area contributed by atoms with Crippen molar-refractivity contribution in [2.45, 2.75) is 49.0 Å². The van der Waals surface area contributed by atoms with E-state index in [1.165, 1.54) is 4.90 Å². The van der Waals surface area contributed by atoms with Gasteiger partial charge < -0.3 is 25.1 Å². The Morgan fingerprint density at radius 2 is 1.32 bits per heavy atom. The van der Waals surface area contributed by atoms with E-state index >= 15 is 0 Å². The molecule has 0 bridgehead atoms. The van der Waals surface area contributed by atoms with Gasteiger partial charge in [-0.15, -0.1) is 0 Å². The summed E-state index contributed by atoms with van der Waals surface area (Å²) in [6, 6.07) is 15.5. The monoisotopic (exact) mass is 827 g/mol. The Balaban J connectivity index is 1.18. The van der Waals surface area contributed by atoms with E-state index in [1.807, 2.05) is 30.3 Å². The second-order valence-corrected chi connectivity index (χ2v) is 15.6. The standard InChI is InChI=1S/C39H41Cl2F6N5O4/c40-31-7-6-28(23-32(31)41)36(9-15-52(25-36)34(55)26-20-29(38(42,43)44)22-30(21-26)39(45,46)47)8-12-49-13-10-37(11-14-49,27-4-2-1-3-5-27)48-35(56)51-18-16-50(17-19-51)24-33(53)54/h1-7,20-23H,8-19,24-25H2,(H,48,56)(H,53,54). The molecule has 3 aromatic rings. The molecule has 3 aliphatic heterocycles. The number of piperidine rings is 1. The van der Waals surface area contributed by atoms with Crippen LogP contribution in [-0.4, -0.2) is 108 Å². The van der Waals surface area contributed by atoms with E-state index < -0.39 is 51.9 Å². The van der Waals surface area contributed by atoms with Crippen LogP contribution in [0.15, 0.2) is 66.7 Å². The molecule has 56 heavy (non-hydrogen) atoms. The van der Waals surface area contributed by atoms with Crippen molar-refractivity contribution in [1.82, 2.24) is 24.9 Å². The topological polar surface area (TPSA) is 96.4 Å². The summed E-state index contributed by atoms with van der Waals surface area (Å²) in [4.78, 5) is 45.5. The van der Waals surface area contributed by atoms with E-state index in [1.54, 1.807) is 28.0 Å². The lowest BCUT2D eigenvalue weighted by Gasteiger charge is -2.45. The Kier molecular flexibility index (Phi) is 12.2. The van der Waals surface area contributed by atoms with Crippen LogP contribution >= 0.6 is 23.2 Å². The Hall–Kier alpha value is -4.05. The van der Waals surface area contributed by atoms with Crippen molar-refractivity contribution >= 4 is 41.1 Å². The van der Waals surface area contributed by atoms with Crippen LogP contribution in [0.3, 0.4) is 0 Å². The van der Waals surface area contributed by atoms with Crippen molar-refractivity contribution in [2.24, 2.45) is 0 Å². The molecule has 3 amide bonds. The minimum Gasteiger partial charge on any atom is -0.480 e. The number of hydrogen-bond donors (Lipinski definition) is 2. The molecule has 302 valence electrons. The average molecular weight is 829 g/mol. The summed E-state index contributed by atoms with van der Waals surface area (Å²) in [5, 5.41) is 13.0. The summed E-state index contributed by atoms with van der Waals surface area (Å²) < 4.78 is 81.9. The van der Waals surface area contributed by atoms with Gasteiger partial charge in [-0.3, -0.25) is 14.5 Å². The molecule has 1 atom stereocenters. The van der Waals surface area contributed by atoms with E-state index in [0.29, 0.717) is 88.7 Å². The number of aliphatic carboxylic acids is 1. The van der Waals surface area contributed by atoms with E-state index in [-0.39, 0.29) is 36.8 Å². The number of nitrogens with zero attached hydrogens (tertiary/aromatic N) is 4. The van der Waals surface area contributed by atoms with Crippen molar-refractivity contribution < 1.29 is 45.8 Å². The number of urea groups is 1. The summed E-state index contributed by atoms with van der Waals surface area (Å²) in [6.07, 6.45) is -8.19. The van der Waals surface area contributed by atoms with Crippen LogP contribution in [0.1, 0.15) is 58.3 Å². The van der Waals surface area contributed by atoms with Crippen molar-refractivity contribution in [2.75, 3.05) is 65.4 Å². The minimum atomic E-state index is -5.10. The molecule has 0 radical (unpaired) electrons. The van der Waals surface area contributed by atoms with Gasteiger partial charge in [-0.05, 0) is 73.7 Å². The highest BCUT2D eigenvalue weighted by molar-refractivity contribution is 6.42. The first-order chi connectivity index (χ1) is 26.4. The van der Waals surface area contributed by atoms with Gasteiger partial charge in [0.2, 0.25) is 0 Å². The van der Waals surface area contributed by atoms with Crippen LogP contribution in [0.25, 0.3) is 0 Å². The number of carbonyl (C=O) groups is 3. The quantitative estimate of drug-likeness (QED) is 0.216. The molecule has 0 saturated carbocycles. The van der Waals surface area contributed by atoms with Gasteiger partial charge in [-0.25, -0.2) is 4.79 Å². The maximum atomic E-state index is 13.7. The second kappa shape index (κ2) is 16.4. The van der Waals surface area contributed by atoms with Crippen LogP contribution in [0, 0.1) is 0 Å². The molecule has 9 nitrogen and oxygen atoms in total. The Morgan fingerprint density at radius 3 is 1.89 bits per heavy atom. The van der Waals surface area contributed by atoms with Crippen LogP contribution in [0.2, 0.25) is 10.0 Å². The molecule has 0 aromatic heterocycles. The highest BCUT2D eigenvalue weighted by atomic mass is 35.5. The van der Waals surface area contributed by atoms with Gasteiger partial charge in [0.15, 0.2) is 0 Å². The molecule has 3 saturated heterocycles. The summed E-state index contributed by atoms with van der Waals surface area (Å²) in [7, 11) is 0. The molecule has 0 aliphatic carbocycles. The molecule has 3 fully saturated rings. The number of benzene rings is 3. The van der Waals surface area contributed by atoms with Crippen LogP contribution in [0.5, 0.6) is 0 Å². The largest absolute Gasteiger partial charge is 0.480 e. The molecule has 1 unspecified atom stereocenters.